The van der Waals surface area contributed by atoms with Crippen molar-refractivity contribution in [2.24, 2.45) is 0 Å². The molecule has 0 unspecified atom stereocenters. The summed E-state index contributed by atoms with van der Waals surface area (Å²) in [4.78, 5) is 28.9. The predicted molar refractivity (Wildman–Crippen MR) is 95.4 cm³/mol. The first-order valence-corrected chi connectivity index (χ1v) is 9.32. The molecule has 1 saturated heterocycles. The highest BCUT2D eigenvalue weighted by atomic mass is 35.5. The van der Waals surface area contributed by atoms with E-state index in [4.69, 9.17) is 16.3 Å². The van der Waals surface area contributed by atoms with Crippen molar-refractivity contribution in [1.82, 2.24) is 15.1 Å². The number of halogens is 1. The minimum absolute atomic E-state index is 0.119. The van der Waals surface area contributed by atoms with E-state index < -0.39 is 0 Å². The molecule has 0 radical (unpaired) electrons. The van der Waals surface area contributed by atoms with Gasteiger partial charge in [0.1, 0.15) is 0 Å². The Morgan fingerprint density at radius 1 is 1.29 bits per heavy atom. The van der Waals surface area contributed by atoms with Gasteiger partial charge in [-0.15, -0.1) is 11.3 Å². The van der Waals surface area contributed by atoms with Crippen molar-refractivity contribution < 1.29 is 14.3 Å². The number of piperazine rings is 1. The Balaban J connectivity index is 1.64. The Bertz CT molecular complexity index is 557. The summed E-state index contributed by atoms with van der Waals surface area (Å²) >= 11 is 7.54. The summed E-state index contributed by atoms with van der Waals surface area (Å²) in [6, 6.07) is 3.84. The molecule has 134 valence electrons. The lowest BCUT2D eigenvalue weighted by atomic mass is 10.3. The number of carbonyl (C=O) groups excluding carboxylic acids is 2. The molecule has 24 heavy (non-hydrogen) atoms. The summed E-state index contributed by atoms with van der Waals surface area (Å²) in [5.74, 6) is -0.287. The van der Waals surface area contributed by atoms with Crippen LogP contribution in [0.1, 0.15) is 25.1 Å². The van der Waals surface area contributed by atoms with Crippen LogP contribution in [0.2, 0.25) is 4.34 Å². The minimum atomic E-state index is -0.287. The average molecular weight is 374 g/mol. The van der Waals surface area contributed by atoms with Crippen molar-refractivity contribution in [2.75, 3.05) is 32.7 Å². The zero-order valence-corrected chi connectivity index (χ0v) is 15.7. The number of nitrogens with one attached hydrogen (secondary N) is 1. The van der Waals surface area contributed by atoms with Crippen LogP contribution in [0.15, 0.2) is 12.1 Å². The third-order valence-corrected chi connectivity index (χ3v) is 4.86. The molecule has 0 spiro atoms. The van der Waals surface area contributed by atoms with Crippen LogP contribution in [0.3, 0.4) is 0 Å². The molecule has 6 nitrogen and oxygen atoms in total. The summed E-state index contributed by atoms with van der Waals surface area (Å²) < 4.78 is 5.84. The topological polar surface area (TPSA) is 61.9 Å². The Kier molecular flexibility index (Phi) is 7.33. The number of urea groups is 1. The molecule has 0 aliphatic carbocycles. The van der Waals surface area contributed by atoms with Gasteiger partial charge in [0.05, 0.1) is 16.9 Å². The second-order valence-corrected chi connectivity index (χ2v) is 7.79. The van der Waals surface area contributed by atoms with Crippen molar-refractivity contribution in [1.29, 1.82) is 0 Å². The Morgan fingerprint density at radius 3 is 2.58 bits per heavy atom. The highest BCUT2D eigenvalue weighted by Gasteiger charge is 2.21. The highest BCUT2D eigenvalue weighted by Crippen LogP contribution is 2.23. The van der Waals surface area contributed by atoms with Crippen molar-refractivity contribution >= 4 is 34.9 Å². The van der Waals surface area contributed by atoms with E-state index in [0.29, 0.717) is 19.6 Å². The normalized spacial score (nSPS) is 15.6. The molecule has 0 atom stereocenters. The van der Waals surface area contributed by atoms with Gasteiger partial charge < -0.3 is 15.0 Å². The number of carbonyl (C=O) groups is 2. The first-order valence-electron chi connectivity index (χ1n) is 8.13. The third-order valence-electron chi connectivity index (χ3n) is 3.64. The number of ether oxygens (including phenoxy) is 1. The number of hydrogen-bond acceptors (Lipinski definition) is 5. The first-order chi connectivity index (χ1) is 11.4. The van der Waals surface area contributed by atoms with Gasteiger partial charge in [-0.2, -0.15) is 0 Å². The lowest BCUT2D eigenvalue weighted by Gasteiger charge is -2.34. The largest absolute Gasteiger partial charge is 0.463 e. The summed E-state index contributed by atoms with van der Waals surface area (Å²) in [6.07, 6.45) is 0.0720. The van der Waals surface area contributed by atoms with E-state index >= 15 is 0 Å². The molecule has 1 aliphatic heterocycles. The monoisotopic (exact) mass is 373 g/mol. The SMILES string of the molecule is CC(C)OC(=O)CCNC(=O)N1CCN(Cc2ccc(Cl)s2)CC1. The Labute approximate surface area is 151 Å². The number of hydrogen-bond donors (Lipinski definition) is 1. The maximum Gasteiger partial charge on any atom is 0.317 e. The van der Waals surface area contributed by atoms with Gasteiger partial charge in [0, 0.05) is 44.1 Å². The molecule has 1 aliphatic rings. The van der Waals surface area contributed by atoms with E-state index in [1.807, 2.05) is 12.1 Å². The van der Waals surface area contributed by atoms with Crippen LogP contribution >= 0.6 is 22.9 Å². The van der Waals surface area contributed by atoms with E-state index in [-0.39, 0.29) is 24.5 Å². The van der Waals surface area contributed by atoms with Crippen molar-refractivity contribution in [2.45, 2.75) is 32.9 Å². The lowest BCUT2D eigenvalue weighted by Crippen LogP contribution is -2.51. The number of esters is 1. The van der Waals surface area contributed by atoms with Crippen LogP contribution in [0.25, 0.3) is 0 Å². The molecular formula is C16H24ClN3O3S. The standard InChI is InChI=1S/C16H24ClN3O3S/c1-12(2)23-15(21)5-6-18-16(22)20-9-7-19(8-10-20)11-13-3-4-14(17)24-13/h3-4,12H,5-11H2,1-2H3,(H,18,22). The van der Waals surface area contributed by atoms with Gasteiger partial charge in [-0.05, 0) is 26.0 Å². The van der Waals surface area contributed by atoms with E-state index in [1.54, 1.807) is 30.1 Å². The van der Waals surface area contributed by atoms with Gasteiger partial charge in [-0.1, -0.05) is 11.6 Å². The zero-order valence-electron chi connectivity index (χ0n) is 14.1. The fraction of sp³-hybridized carbons (Fsp3) is 0.625. The van der Waals surface area contributed by atoms with Crippen molar-refractivity contribution in [3.63, 3.8) is 0 Å². The summed E-state index contributed by atoms with van der Waals surface area (Å²) in [5, 5.41) is 2.78. The van der Waals surface area contributed by atoms with Crippen LogP contribution in [0.5, 0.6) is 0 Å². The first kappa shape index (κ1) is 19.0. The Hall–Kier alpha value is -1.31. The zero-order chi connectivity index (χ0) is 17.5. The van der Waals surface area contributed by atoms with Crippen molar-refractivity contribution in [3.8, 4) is 0 Å². The molecule has 1 aromatic rings. The maximum atomic E-state index is 12.1. The molecule has 8 heteroatoms. The smallest absolute Gasteiger partial charge is 0.317 e. The molecule has 2 heterocycles. The molecule has 1 aromatic heterocycles. The van der Waals surface area contributed by atoms with E-state index in [1.165, 1.54) is 4.88 Å². The van der Waals surface area contributed by atoms with Gasteiger partial charge in [-0.3, -0.25) is 9.69 Å². The molecule has 1 fully saturated rings. The van der Waals surface area contributed by atoms with Gasteiger partial charge in [0.2, 0.25) is 0 Å². The van der Waals surface area contributed by atoms with Gasteiger partial charge >= 0.3 is 12.0 Å². The summed E-state index contributed by atoms with van der Waals surface area (Å²) in [5.41, 5.74) is 0. The summed E-state index contributed by atoms with van der Waals surface area (Å²) in [6.45, 7) is 7.81. The molecule has 2 amide bonds. The van der Waals surface area contributed by atoms with Crippen LogP contribution in [0.4, 0.5) is 4.79 Å². The molecule has 0 saturated carbocycles. The lowest BCUT2D eigenvalue weighted by molar-refractivity contribution is -0.147. The van der Waals surface area contributed by atoms with Crippen LogP contribution in [-0.4, -0.2) is 60.6 Å². The number of nitrogens with zero attached hydrogens (tertiary/aromatic N) is 2. The van der Waals surface area contributed by atoms with Gasteiger partial charge in [-0.25, -0.2) is 4.79 Å². The van der Waals surface area contributed by atoms with Crippen molar-refractivity contribution in [3.05, 3.63) is 21.3 Å². The molecular weight excluding hydrogens is 350 g/mol. The predicted octanol–water partition coefficient (Wildman–Crippen LogP) is 2.57. The molecule has 0 bridgehead atoms. The number of amides is 2. The summed E-state index contributed by atoms with van der Waals surface area (Å²) in [7, 11) is 0. The van der Waals surface area contributed by atoms with Crippen LogP contribution < -0.4 is 5.32 Å². The maximum absolute atomic E-state index is 12.1. The average Bonchev–Trinajstić information content (AvgIpc) is 2.92. The second-order valence-electron chi connectivity index (χ2n) is 5.99. The van der Waals surface area contributed by atoms with E-state index in [0.717, 1.165) is 24.0 Å². The van der Waals surface area contributed by atoms with E-state index in [9.17, 15) is 9.59 Å². The fourth-order valence-corrected chi connectivity index (χ4v) is 3.60. The molecule has 1 N–H and O–H groups in total. The minimum Gasteiger partial charge on any atom is -0.463 e. The van der Waals surface area contributed by atoms with E-state index in [2.05, 4.69) is 10.2 Å². The van der Waals surface area contributed by atoms with Crippen LogP contribution in [-0.2, 0) is 16.1 Å². The third kappa shape index (κ3) is 6.30. The second kappa shape index (κ2) is 9.25. The van der Waals surface area contributed by atoms with Gasteiger partial charge in [0.25, 0.3) is 0 Å². The number of rotatable bonds is 6. The number of thiophene rings is 1. The molecule has 0 aromatic carbocycles. The fourth-order valence-electron chi connectivity index (χ4n) is 2.47. The van der Waals surface area contributed by atoms with Crippen LogP contribution in [0, 0.1) is 0 Å². The quantitative estimate of drug-likeness (QED) is 0.778. The Morgan fingerprint density at radius 2 is 2.00 bits per heavy atom. The molecule has 2 rings (SSSR count). The van der Waals surface area contributed by atoms with Gasteiger partial charge in [0.15, 0.2) is 0 Å². The highest BCUT2D eigenvalue weighted by molar-refractivity contribution is 7.16.